The number of hydrogen-bond donors (Lipinski definition) is 7. The van der Waals surface area contributed by atoms with Crippen LogP contribution in [0.3, 0.4) is 0 Å². The number of hydrogen-bond acceptors (Lipinski definition) is 7. The van der Waals surface area contributed by atoms with E-state index in [9.17, 15) is 34.2 Å². The molecule has 0 spiro atoms. The molecule has 0 fully saturated rings. The van der Waals surface area contributed by atoms with Crippen LogP contribution in [0.5, 0.6) is 5.75 Å². The molecule has 0 bridgehead atoms. The molecule has 12 nitrogen and oxygen atoms in total. The zero-order valence-electron chi connectivity index (χ0n) is 20.1. The molecular formula is C23H35N5O7. The summed E-state index contributed by atoms with van der Waals surface area (Å²) >= 11 is 0. The molecule has 4 amide bonds. The Morgan fingerprint density at radius 3 is 1.97 bits per heavy atom. The van der Waals surface area contributed by atoms with Crippen molar-refractivity contribution in [2.45, 2.75) is 70.6 Å². The second kappa shape index (κ2) is 13.9. The van der Waals surface area contributed by atoms with Gasteiger partial charge in [-0.15, -0.1) is 0 Å². The van der Waals surface area contributed by atoms with Gasteiger partial charge in [-0.1, -0.05) is 26.0 Å². The molecule has 0 saturated carbocycles. The highest BCUT2D eigenvalue weighted by Gasteiger charge is 2.29. The van der Waals surface area contributed by atoms with Gasteiger partial charge in [0.1, 0.15) is 23.9 Å². The van der Waals surface area contributed by atoms with Crippen LogP contribution in [0.25, 0.3) is 0 Å². The topological polar surface area (TPSA) is 214 Å². The first kappa shape index (κ1) is 29.4. The minimum Gasteiger partial charge on any atom is -0.508 e. The number of phenolic OH excluding ortho intramolecular Hbond substituents is 1. The van der Waals surface area contributed by atoms with Gasteiger partial charge >= 0.3 is 5.97 Å². The number of carbonyl (C=O) groups is 5. The zero-order chi connectivity index (χ0) is 26.7. The Bertz CT molecular complexity index is 904. The molecule has 4 atom stereocenters. The predicted molar refractivity (Wildman–Crippen MR) is 127 cm³/mol. The number of aromatic hydroxyl groups is 1. The Hall–Kier alpha value is -3.67. The number of aliphatic carboxylic acids is 1. The van der Waals surface area contributed by atoms with Crippen molar-refractivity contribution >= 4 is 29.6 Å². The van der Waals surface area contributed by atoms with Crippen LogP contribution in [-0.4, -0.2) is 64.0 Å². The first-order valence-corrected chi connectivity index (χ1v) is 11.3. The van der Waals surface area contributed by atoms with Gasteiger partial charge in [0.25, 0.3) is 0 Å². The van der Waals surface area contributed by atoms with Crippen LogP contribution >= 0.6 is 0 Å². The Morgan fingerprint density at radius 2 is 1.46 bits per heavy atom. The van der Waals surface area contributed by atoms with Crippen molar-refractivity contribution in [3.63, 3.8) is 0 Å². The number of phenols is 1. The average Bonchev–Trinajstić information content (AvgIpc) is 2.76. The lowest BCUT2D eigenvalue weighted by molar-refractivity contribution is -0.142. The van der Waals surface area contributed by atoms with Crippen molar-refractivity contribution in [2.24, 2.45) is 17.4 Å². The SMILES string of the molecule is CC(C)CC(N)C(=O)NC(C)C(=O)NC(CCC(N)=O)C(=O)NC(Cc1ccc(O)cc1)C(=O)O. The molecule has 194 valence electrons. The van der Waals surface area contributed by atoms with Crippen molar-refractivity contribution in [2.75, 3.05) is 0 Å². The number of carbonyl (C=O) groups excluding carboxylic acids is 4. The van der Waals surface area contributed by atoms with Gasteiger partial charge in [0.15, 0.2) is 0 Å². The summed E-state index contributed by atoms with van der Waals surface area (Å²) in [6.45, 7) is 5.21. The van der Waals surface area contributed by atoms with E-state index in [1.807, 2.05) is 13.8 Å². The quantitative estimate of drug-likeness (QED) is 0.172. The minimum absolute atomic E-state index is 0.00487. The third-order valence-corrected chi connectivity index (χ3v) is 5.12. The number of rotatable bonds is 14. The maximum Gasteiger partial charge on any atom is 0.326 e. The Morgan fingerprint density at radius 1 is 0.886 bits per heavy atom. The maximum atomic E-state index is 12.8. The first-order chi connectivity index (χ1) is 16.3. The Kier molecular flexibility index (Phi) is 11.7. The van der Waals surface area contributed by atoms with Crippen molar-refractivity contribution < 1.29 is 34.2 Å². The molecule has 1 rings (SSSR count). The summed E-state index contributed by atoms with van der Waals surface area (Å²) in [6.07, 6.45) is -0.0838. The van der Waals surface area contributed by atoms with Gasteiger partial charge in [0, 0.05) is 12.8 Å². The minimum atomic E-state index is -1.34. The lowest BCUT2D eigenvalue weighted by Crippen LogP contribution is -2.56. The van der Waals surface area contributed by atoms with Crippen LogP contribution in [-0.2, 0) is 30.4 Å². The van der Waals surface area contributed by atoms with E-state index in [0.29, 0.717) is 12.0 Å². The standard InChI is InChI=1S/C23H35N5O7/c1-12(2)10-16(24)21(32)26-13(3)20(31)27-17(8-9-19(25)30)22(33)28-18(23(34)35)11-14-4-6-15(29)7-5-14/h4-7,12-13,16-18,29H,8-11,24H2,1-3H3,(H2,25,30)(H,26,32)(H,27,31)(H,28,33)(H,34,35). The zero-order valence-corrected chi connectivity index (χ0v) is 20.1. The average molecular weight is 494 g/mol. The van der Waals surface area contributed by atoms with Crippen LogP contribution in [0.1, 0.15) is 45.6 Å². The van der Waals surface area contributed by atoms with Gasteiger partial charge in [-0.2, -0.15) is 0 Å². The summed E-state index contributed by atoms with van der Waals surface area (Å²) in [5.41, 5.74) is 11.5. The molecule has 0 aromatic heterocycles. The van der Waals surface area contributed by atoms with Gasteiger partial charge in [0.05, 0.1) is 6.04 Å². The molecule has 1 aromatic rings. The summed E-state index contributed by atoms with van der Waals surface area (Å²) in [5, 5.41) is 26.2. The molecule has 0 aliphatic carbocycles. The van der Waals surface area contributed by atoms with E-state index >= 15 is 0 Å². The van der Waals surface area contributed by atoms with Gasteiger partial charge in [-0.3, -0.25) is 19.2 Å². The number of benzene rings is 1. The normalized spacial score (nSPS) is 14.3. The van der Waals surface area contributed by atoms with Crippen LogP contribution in [0.15, 0.2) is 24.3 Å². The summed E-state index contributed by atoms with van der Waals surface area (Å²) in [6, 6.07) is 1.32. The monoisotopic (exact) mass is 493 g/mol. The number of carboxylic acids is 1. The third-order valence-electron chi connectivity index (χ3n) is 5.12. The van der Waals surface area contributed by atoms with Gasteiger partial charge in [0.2, 0.25) is 23.6 Å². The number of nitrogens with two attached hydrogens (primary N) is 2. The summed E-state index contributed by atoms with van der Waals surface area (Å²) < 4.78 is 0. The fourth-order valence-electron chi connectivity index (χ4n) is 3.19. The molecule has 0 heterocycles. The second-order valence-electron chi connectivity index (χ2n) is 8.80. The van der Waals surface area contributed by atoms with Crippen molar-refractivity contribution in [3.05, 3.63) is 29.8 Å². The summed E-state index contributed by atoms with van der Waals surface area (Å²) in [4.78, 5) is 60.6. The summed E-state index contributed by atoms with van der Waals surface area (Å²) in [5.74, 6) is -3.93. The van der Waals surface area contributed by atoms with Crippen molar-refractivity contribution in [3.8, 4) is 5.75 Å². The highest BCUT2D eigenvalue weighted by molar-refractivity contribution is 5.94. The van der Waals surface area contributed by atoms with E-state index in [2.05, 4.69) is 16.0 Å². The van der Waals surface area contributed by atoms with E-state index in [-0.39, 0.29) is 30.9 Å². The lowest BCUT2D eigenvalue weighted by atomic mass is 10.0. The van der Waals surface area contributed by atoms with Crippen molar-refractivity contribution in [1.29, 1.82) is 0 Å². The van der Waals surface area contributed by atoms with E-state index < -0.39 is 53.8 Å². The Labute approximate surface area is 203 Å². The van der Waals surface area contributed by atoms with E-state index in [4.69, 9.17) is 11.5 Å². The van der Waals surface area contributed by atoms with Crippen LogP contribution < -0.4 is 27.4 Å². The smallest absolute Gasteiger partial charge is 0.326 e. The number of carboxylic acid groups (broad SMARTS) is 1. The molecule has 1 aromatic carbocycles. The highest BCUT2D eigenvalue weighted by atomic mass is 16.4. The fourth-order valence-corrected chi connectivity index (χ4v) is 3.19. The van der Waals surface area contributed by atoms with Crippen LogP contribution in [0, 0.1) is 5.92 Å². The molecule has 0 aliphatic rings. The number of amides is 4. The van der Waals surface area contributed by atoms with Gasteiger partial charge in [-0.25, -0.2) is 4.79 Å². The lowest BCUT2D eigenvalue weighted by Gasteiger charge is -2.24. The molecular weight excluding hydrogens is 458 g/mol. The molecule has 4 unspecified atom stereocenters. The van der Waals surface area contributed by atoms with E-state index in [1.54, 1.807) is 0 Å². The van der Waals surface area contributed by atoms with E-state index in [0.717, 1.165) is 0 Å². The molecule has 0 radical (unpaired) electrons. The van der Waals surface area contributed by atoms with Gasteiger partial charge < -0.3 is 37.6 Å². The molecule has 0 aliphatic heterocycles. The Balaban J connectivity index is 2.88. The summed E-state index contributed by atoms with van der Waals surface area (Å²) in [7, 11) is 0. The van der Waals surface area contributed by atoms with Crippen LogP contribution in [0.4, 0.5) is 0 Å². The van der Waals surface area contributed by atoms with E-state index in [1.165, 1.54) is 31.2 Å². The third kappa shape index (κ3) is 10.9. The van der Waals surface area contributed by atoms with Crippen LogP contribution in [0.2, 0.25) is 0 Å². The molecule has 35 heavy (non-hydrogen) atoms. The first-order valence-electron chi connectivity index (χ1n) is 11.3. The van der Waals surface area contributed by atoms with Crippen molar-refractivity contribution in [1.82, 2.24) is 16.0 Å². The van der Waals surface area contributed by atoms with Gasteiger partial charge in [-0.05, 0) is 43.4 Å². The maximum absolute atomic E-state index is 12.8. The fraction of sp³-hybridized carbons (Fsp3) is 0.522. The highest BCUT2D eigenvalue weighted by Crippen LogP contribution is 2.12. The molecule has 0 saturated heterocycles. The molecule has 9 N–H and O–H groups in total. The second-order valence-corrected chi connectivity index (χ2v) is 8.80. The largest absolute Gasteiger partial charge is 0.508 e. The molecule has 12 heteroatoms. The predicted octanol–water partition coefficient (Wildman–Crippen LogP) is -0.867. The number of nitrogens with one attached hydrogen (secondary N) is 3. The number of primary amides is 1.